The standard InChI is InChI=1S/C31H34F2N6O4/c1-30(2,3)43-29(41)39-15-5-6-18(17-39)36-28-35-14-10-21(38-28)19-7-4-13-34-27(19)42-23-9-8-22(24(32)25(23)33)37-26(40)20-16-31(20)11-12-31/h4,7-10,13-14,18,20H,5-6,11-12,15-17H2,1-3H3,(H,37,40)(H,35,36,38)/t18-,20?/m0/s1. The lowest BCUT2D eigenvalue weighted by atomic mass is 10.1. The van der Waals surface area contributed by atoms with Crippen molar-refractivity contribution in [3.05, 3.63) is 54.4 Å². The fourth-order valence-electron chi connectivity index (χ4n) is 5.48. The van der Waals surface area contributed by atoms with E-state index in [0.29, 0.717) is 30.3 Å². The number of likely N-dealkylation sites (tertiary alicyclic amines) is 1. The third-order valence-corrected chi connectivity index (χ3v) is 8.02. The summed E-state index contributed by atoms with van der Waals surface area (Å²) in [4.78, 5) is 39.8. The number of ether oxygens (including phenoxy) is 2. The van der Waals surface area contributed by atoms with Gasteiger partial charge >= 0.3 is 6.09 Å². The molecule has 0 bridgehead atoms. The van der Waals surface area contributed by atoms with Crippen LogP contribution in [0.3, 0.4) is 0 Å². The van der Waals surface area contributed by atoms with E-state index < -0.39 is 17.2 Å². The predicted octanol–water partition coefficient (Wildman–Crippen LogP) is 6.16. The lowest BCUT2D eigenvalue weighted by Gasteiger charge is -2.34. The minimum atomic E-state index is -1.23. The van der Waals surface area contributed by atoms with Crippen LogP contribution in [0.25, 0.3) is 11.3 Å². The van der Waals surface area contributed by atoms with Gasteiger partial charge in [0.1, 0.15) is 5.60 Å². The van der Waals surface area contributed by atoms with Gasteiger partial charge in [-0.3, -0.25) is 4.79 Å². The molecule has 3 heterocycles. The molecule has 2 atom stereocenters. The molecule has 226 valence electrons. The van der Waals surface area contributed by atoms with Crippen molar-refractivity contribution in [1.82, 2.24) is 19.9 Å². The average Bonchev–Trinajstić information content (AvgIpc) is 3.90. The molecule has 1 unspecified atom stereocenters. The van der Waals surface area contributed by atoms with E-state index in [4.69, 9.17) is 9.47 Å². The molecule has 2 aromatic heterocycles. The molecule has 2 aliphatic carbocycles. The molecule has 10 nitrogen and oxygen atoms in total. The van der Waals surface area contributed by atoms with Gasteiger partial charge in [0.05, 0.1) is 16.9 Å². The van der Waals surface area contributed by atoms with E-state index in [-0.39, 0.29) is 46.7 Å². The first kappa shape index (κ1) is 28.8. The van der Waals surface area contributed by atoms with Crippen LogP contribution < -0.4 is 15.4 Å². The van der Waals surface area contributed by atoms with Gasteiger partial charge in [-0.05, 0) is 88.6 Å². The molecule has 1 saturated heterocycles. The molecule has 2 saturated carbocycles. The summed E-state index contributed by atoms with van der Waals surface area (Å²) in [6, 6.07) is 7.49. The maximum atomic E-state index is 15.1. The third-order valence-electron chi connectivity index (χ3n) is 8.02. The molecule has 2 amide bonds. The van der Waals surface area contributed by atoms with E-state index >= 15 is 4.39 Å². The monoisotopic (exact) mass is 592 g/mol. The van der Waals surface area contributed by atoms with Gasteiger partial charge in [-0.25, -0.2) is 24.1 Å². The van der Waals surface area contributed by atoms with E-state index in [9.17, 15) is 14.0 Å². The van der Waals surface area contributed by atoms with Crippen molar-refractivity contribution in [3.63, 3.8) is 0 Å². The number of rotatable bonds is 7. The molecular formula is C31H34F2N6O4. The summed E-state index contributed by atoms with van der Waals surface area (Å²) in [6.07, 6.45) is 7.12. The Morgan fingerprint density at radius 2 is 1.88 bits per heavy atom. The van der Waals surface area contributed by atoms with Crippen molar-refractivity contribution in [3.8, 4) is 22.9 Å². The van der Waals surface area contributed by atoms with Crippen molar-refractivity contribution in [2.24, 2.45) is 11.3 Å². The zero-order valence-corrected chi connectivity index (χ0v) is 24.3. The summed E-state index contributed by atoms with van der Waals surface area (Å²) in [6.45, 7) is 6.54. The Morgan fingerprint density at radius 1 is 1.07 bits per heavy atom. The highest BCUT2D eigenvalue weighted by atomic mass is 19.2. The molecule has 1 aliphatic heterocycles. The number of piperidine rings is 1. The van der Waals surface area contributed by atoms with Crippen LogP contribution in [0.5, 0.6) is 11.6 Å². The number of hydrogen-bond acceptors (Lipinski definition) is 8. The molecule has 3 fully saturated rings. The van der Waals surface area contributed by atoms with Crippen LogP contribution in [-0.4, -0.2) is 56.6 Å². The second-order valence-corrected chi connectivity index (χ2v) is 12.5. The first-order valence-electron chi connectivity index (χ1n) is 14.5. The maximum Gasteiger partial charge on any atom is 0.410 e. The van der Waals surface area contributed by atoms with E-state index in [0.717, 1.165) is 32.1 Å². The third kappa shape index (κ3) is 6.37. The average molecular weight is 593 g/mol. The van der Waals surface area contributed by atoms with Gasteiger partial charge in [0, 0.05) is 37.4 Å². The molecule has 6 rings (SSSR count). The molecule has 3 aliphatic rings. The molecule has 3 aromatic rings. The van der Waals surface area contributed by atoms with E-state index in [1.807, 2.05) is 20.8 Å². The summed E-state index contributed by atoms with van der Waals surface area (Å²) in [5.74, 6) is -2.86. The minimum absolute atomic E-state index is 0.0182. The lowest BCUT2D eigenvalue weighted by molar-refractivity contribution is -0.117. The number of benzene rings is 1. The van der Waals surface area contributed by atoms with Gasteiger partial charge in [0.2, 0.25) is 23.6 Å². The number of amides is 2. The Kier molecular flexibility index (Phi) is 7.39. The highest BCUT2D eigenvalue weighted by molar-refractivity contribution is 5.95. The maximum absolute atomic E-state index is 15.1. The first-order chi connectivity index (χ1) is 20.5. The Labute approximate surface area is 248 Å². The minimum Gasteiger partial charge on any atom is -0.444 e. The number of hydrogen-bond donors (Lipinski definition) is 2. The number of carbonyl (C=O) groups excluding carboxylic acids is 2. The fraction of sp³-hybridized carbons (Fsp3) is 0.452. The second kappa shape index (κ2) is 11.1. The molecule has 12 heteroatoms. The van der Waals surface area contributed by atoms with Crippen molar-refractivity contribution >= 4 is 23.6 Å². The first-order valence-corrected chi connectivity index (χ1v) is 14.5. The fourth-order valence-corrected chi connectivity index (χ4v) is 5.48. The Bertz CT molecular complexity index is 1560. The number of pyridine rings is 1. The smallest absolute Gasteiger partial charge is 0.410 e. The van der Waals surface area contributed by atoms with Crippen LogP contribution in [-0.2, 0) is 9.53 Å². The molecule has 2 N–H and O–H groups in total. The van der Waals surface area contributed by atoms with Crippen LogP contribution in [0.2, 0.25) is 0 Å². The highest BCUT2D eigenvalue weighted by Crippen LogP contribution is 2.70. The number of carbonyl (C=O) groups is 2. The van der Waals surface area contributed by atoms with Crippen LogP contribution >= 0.6 is 0 Å². The predicted molar refractivity (Wildman–Crippen MR) is 155 cm³/mol. The number of halogens is 2. The van der Waals surface area contributed by atoms with Gasteiger partial charge in [-0.15, -0.1) is 0 Å². The van der Waals surface area contributed by atoms with Crippen LogP contribution in [0.4, 0.5) is 25.2 Å². The highest BCUT2D eigenvalue weighted by Gasteiger charge is 2.65. The van der Waals surface area contributed by atoms with Crippen molar-refractivity contribution < 1.29 is 27.8 Å². The summed E-state index contributed by atoms with van der Waals surface area (Å²) in [5, 5.41) is 5.81. The lowest BCUT2D eigenvalue weighted by Crippen LogP contribution is -2.47. The van der Waals surface area contributed by atoms with Crippen molar-refractivity contribution in [2.75, 3.05) is 23.7 Å². The summed E-state index contributed by atoms with van der Waals surface area (Å²) in [7, 11) is 0. The van der Waals surface area contributed by atoms with E-state index in [2.05, 4.69) is 25.6 Å². The summed E-state index contributed by atoms with van der Waals surface area (Å²) < 4.78 is 41.2. The zero-order valence-electron chi connectivity index (χ0n) is 24.3. The zero-order chi connectivity index (χ0) is 30.4. The number of anilines is 2. The topological polar surface area (TPSA) is 119 Å². The van der Waals surface area contributed by atoms with Crippen LogP contribution in [0, 0.1) is 23.0 Å². The number of aromatic nitrogens is 3. The van der Waals surface area contributed by atoms with Crippen LogP contribution in [0.15, 0.2) is 42.7 Å². The Balaban J connectivity index is 1.15. The summed E-state index contributed by atoms with van der Waals surface area (Å²) in [5.41, 5.74) is 0.181. The quantitative estimate of drug-likeness (QED) is 0.335. The van der Waals surface area contributed by atoms with Crippen molar-refractivity contribution in [2.45, 2.75) is 64.5 Å². The second-order valence-electron chi connectivity index (χ2n) is 12.5. The molecule has 1 aromatic carbocycles. The molecule has 1 spiro atoms. The van der Waals surface area contributed by atoms with E-state index in [1.54, 1.807) is 29.3 Å². The number of nitrogens with zero attached hydrogens (tertiary/aromatic N) is 4. The van der Waals surface area contributed by atoms with E-state index in [1.165, 1.54) is 18.3 Å². The SMILES string of the molecule is CC(C)(C)OC(=O)N1CCC[C@H](Nc2nccc(-c3cccnc3Oc3ccc(NC(=O)C4CC45CC5)c(F)c3F)n2)C1. The Hall–Kier alpha value is -4.35. The van der Waals surface area contributed by atoms with Gasteiger partial charge in [-0.1, -0.05) is 0 Å². The molecule has 43 heavy (non-hydrogen) atoms. The van der Waals surface area contributed by atoms with Gasteiger partial charge in [0.15, 0.2) is 11.6 Å². The molecular weight excluding hydrogens is 558 g/mol. The van der Waals surface area contributed by atoms with Gasteiger partial charge in [-0.2, -0.15) is 4.39 Å². The van der Waals surface area contributed by atoms with Crippen molar-refractivity contribution in [1.29, 1.82) is 0 Å². The molecule has 0 radical (unpaired) electrons. The van der Waals surface area contributed by atoms with Gasteiger partial charge < -0.3 is 25.0 Å². The Morgan fingerprint density at radius 3 is 2.63 bits per heavy atom. The van der Waals surface area contributed by atoms with Crippen LogP contribution in [0.1, 0.15) is 52.9 Å². The summed E-state index contributed by atoms with van der Waals surface area (Å²) >= 11 is 0. The largest absolute Gasteiger partial charge is 0.444 e. The number of nitrogens with one attached hydrogen (secondary N) is 2. The van der Waals surface area contributed by atoms with Gasteiger partial charge in [0.25, 0.3) is 0 Å². The normalized spacial score (nSPS) is 20.3.